The second-order valence-electron chi connectivity index (χ2n) is 2.11. The van der Waals surface area contributed by atoms with E-state index in [4.69, 9.17) is 0 Å². The van der Waals surface area contributed by atoms with E-state index in [1.165, 1.54) is 23.3 Å². The van der Waals surface area contributed by atoms with Crippen molar-refractivity contribution in [1.29, 1.82) is 0 Å². The average molecular weight is 340 g/mol. The molecule has 0 aliphatic carbocycles. The van der Waals surface area contributed by atoms with Crippen LogP contribution in [0.25, 0.3) is 0 Å². The number of hydrogen-bond acceptors (Lipinski definition) is 2. The first-order valence-corrected chi connectivity index (χ1v) is 5.23. The SMILES string of the molecule is C=CN=C([C](=[W])CS)N(C)C. The summed E-state index contributed by atoms with van der Waals surface area (Å²) in [6, 6.07) is 0. The molecule has 0 spiro atoms. The summed E-state index contributed by atoms with van der Waals surface area (Å²) in [7, 11) is 3.93. The zero-order valence-electron chi connectivity index (χ0n) is 6.74. The number of hydrogen-bond donors (Lipinski definition) is 1. The molecule has 0 fully saturated rings. The molecular formula is C7H12N2SW. The number of nitrogens with zero attached hydrogens (tertiary/aromatic N) is 2. The maximum atomic E-state index is 4.18. The third-order valence-electron chi connectivity index (χ3n) is 1.03. The molecule has 0 aliphatic heterocycles. The average Bonchev–Trinajstić information content (AvgIpc) is 1.98. The van der Waals surface area contributed by atoms with Gasteiger partial charge in [-0.3, -0.25) is 0 Å². The summed E-state index contributed by atoms with van der Waals surface area (Å²) in [6.45, 7) is 3.56. The molecule has 11 heavy (non-hydrogen) atoms. The summed E-state index contributed by atoms with van der Waals surface area (Å²) in [5, 5.41) is 0. The van der Waals surface area contributed by atoms with Gasteiger partial charge in [0.1, 0.15) is 0 Å². The van der Waals surface area contributed by atoms with Crippen molar-refractivity contribution in [3.05, 3.63) is 12.8 Å². The second-order valence-corrected chi connectivity index (χ2v) is 4.20. The Morgan fingerprint density at radius 1 is 1.73 bits per heavy atom. The minimum atomic E-state index is 0.764. The minimum absolute atomic E-state index is 0.764. The van der Waals surface area contributed by atoms with Gasteiger partial charge in [0.2, 0.25) is 0 Å². The van der Waals surface area contributed by atoms with Gasteiger partial charge in [0.05, 0.1) is 0 Å². The van der Waals surface area contributed by atoms with Crippen LogP contribution in [-0.2, 0) is 19.4 Å². The summed E-state index contributed by atoms with van der Waals surface area (Å²) >= 11 is 5.59. The fourth-order valence-corrected chi connectivity index (χ4v) is 1.58. The van der Waals surface area contributed by atoms with E-state index in [9.17, 15) is 0 Å². The fraction of sp³-hybridized carbons (Fsp3) is 0.429. The van der Waals surface area contributed by atoms with Crippen molar-refractivity contribution in [3.63, 3.8) is 0 Å². The van der Waals surface area contributed by atoms with Crippen molar-refractivity contribution in [2.75, 3.05) is 19.8 Å². The summed E-state index contributed by atoms with van der Waals surface area (Å²) in [4.78, 5) is 6.11. The Morgan fingerprint density at radius 2 is 2.27 bits per heavy atom. The topological polar surface area (TPSA) is 15.6 Å². The standard InChI is InChI=1S/C7H12N2S.W/c1-4-8-7(5-6-10)9(2)3;/h4,10H,1,6H2,2-3H3;. The Bertz CT molecular complexity index is 187. The molecular weight excluding hydrogens is 328 g/mol. The van der Waals surface area contributed by atoms with Gasteiger partial charge in [-0.2, -0.15) is 0 Å². The summed E-state index contributed by atoms with van der Waals surface area (Å²) in [5.41, 5.74) is 0. The van der Waals surface area contributed by atoms with Gasteiger partial charge in [0.15, 0.2) is 0 Å². The molecule has 0 aromatic carbocycles. The van der Waals surface area contributed by atoms with Crippen LogP contribution in [0.5, 0.6) is 0 Å². The Labute approximate surface area is 84.2 Å². The summed E-state index contributed by atoms with van der Waals surface area (Å²) in [6.07, 6.45) is 1.56. The van der Waals surface area contributed by atoms with Crippen molar-refractivity contribution in [2.24, 2.45) is 4.99 Å². The van der Waals surface area contributed by atoms with E-state index in [0.717, 1.165) is 11.6 Å². The maximum absolute atomic E-state index is 4.18. The van der Waals surface area contributed by atoms with Crippen molar-refractivity contribution in [1.82, 2.24) is 4.90 Å². The molecule has 0 saturated heterocycles. The van der Waals surface area contributed by atoms with Gasteiger partial charge in [0.25, 0.3) is 0 Å². The normalized spacial score (nSPS) is 11.0. The van der Waals surface area contributed by atoms with Crippen LogP contribution >= 0.6 is 12.6 Å². The van der Waals surface area contributed by atoms with E-state index >= 15 is 0 Å². The molecule has 0 atom stereocenters. The van der Waals surface area contributed by atoms with Crippen molar-refractivity contribution in [2.45, 2.75) is 0 Å². The first-order valence-electron chi connectivity index (χ1n) is 3.13. The number of rotatable bonds is 3. The molecule has 0 aromatic rings. The monoisotopic (exact) mass is 340 g/mol. The number of thiol groups is 1. The Kier molecular flexibility index (Phi) is 5.79. The van der Waals surface area contributed by atoms with Gasteiger partial charge < -0.3 is 0 Å². The van der Waals surface area contributed by atoms with Crippen LogP contribution in [0.2, 0.25) is 0 Å². The second kappa shape index (κ2) is 5.73. The fourth-order valence-electron chi connectivity index (χ4n) is 0.594. The van der Waals surface area contributed by atoms with Crippen LogP contribution in [0.15, 0.2) is 17.8 Å². The predicted octanol–water partition coefficient (Wildman–Crippen LogP) is 0.739. The molecule has 0 unspecified atom stereocenters. The Morgan fingerprint density at radius 3 is 2.55 bits per heavy atom. The van der Waals surface area contributed by atoms with Crippen LogP contribution in [0, 0.1) is 0 Å². The molecule has 0 aromatic heterocycles. The van der Waals surface area contributed by atoms with Crippen molar-refractivity contribution in [3.8, 4) is 0 Å². The molecule has 0 amide bonds. The molecule has 0 N–H and O–H groups in total. The van der Waals surface area contributed by atoms with Gasteiger partial charge in [-0.1, -0.05) is 0 Å². The van der Waals surface area contributed by atoms with Crippen molar-refractivity contribution >= 4 is 22.4 Å². The van der Waals surface area contributed by atoms with Gasteiger partial charge in [-0.25, -0.2) is 0 Å². The summed E-state index contributed by atoms with van der Waals surface area (Å²) in [5.74, 6) is 1.74. The van der Waals surface area contributed by atoms with Crippen LogP contribution in [0.4, 0.5) is 0 Å². The molecule has 0 radical (unpaired) electrons. The Balaban J connectivity index is 4.47. The number of aliphatic imine (C=N–C) groups is 1. The predicted molar refractivity (Wildman–Crippen MR) is 50.2 cm³/mol. The molecule has 0 bridgehead atoms. The molecule has 0 heterocycles. The summed E-state index contributed by atoms with van der Waals surface area (Å²) < 4.78 is 1.23. The zero-order valence-corrected chi connectivity index (χ0v) is 10.6. The first kappa shape index (κ1) is 11.1. The molecule has 2 nitrogen and oxygen atoms in total. The van der Waals surface area contributed by atoms with Crippen LogP contribution in [0.3, 0.4) is 0 Å². The van der Waals surface area contributed by atoms with Gasteiger partial charge in [0, 0.05) is 0 Å². The van der Waals surface area contributed by atoms with E-state index in [1.807, 2.05) is 19.0 Å². The van der Waals surface area contributed by atoms with E-state index in [2.05, 4.69) is 24.2 Å². The number of amidine groups is 1. The van der Waals surface area contributed by atoms with Gasteiger partial charge in [-0.15, -0.1) is 0 Å². The zero-order chi connectivity index (χ0) is 8.85. The molecule has 0 aliphatic rings. The van der Waals surface area contributed by atoms with Crippen LogP contribution < -0.4 is 0 Å². The van der Waals surface area contributed by atoms with E-state index in [1.54, 1.807) is 6.20 Å². The van der Waals surface area contributed by atoms with Crippen molar-refractivity contribution < 1.29 is 19.4 Å². The molecule has 0 saturated carbocycles. The van der Waals surface area contributed by atoms with E-state index in [0.29, 0.717) is 0 Å². The molecule has 4 heteroatoms. The van der Waals surface area contributed by atoms with Crippen LogP contribution in [0.1, 0.15) is 0 Å². The van der Waals surface area contributed by atoms with Gasteiger partial charge >= 0.3 is 84.2 Å². The van der Waals surface area contributed by atoms with Gasteiger partial charge in [-0.05, 0) is 0 Å². The van der Waals surface area contributed by atoms with Crippen LogP contribution in [-0.4, -0.2) is 34.5 Å². The third-order valence-corrected chi connectivity index (χ3v) is 3.36. The Hall–Kier alpha value is 0.118. The quantitative estimate of drug-likeness (QED) is 0.455. The first-order chi connectivity index (χ1) is 5.13. The third kappa shape index (κ3) is 3.88. The molecule has 0 rings (SSSR count). The van der Waals surface area contributed by atoms with E-state index < -0.39 is 0 Å². The van der Waals surface area contributed by atoms with E-state index in [-0.39, 0.29) is 0 Å². The molecule has 62 valence electrons.